The highest BCUT2D eigenvalue weighted by molar-refractivity contribution is 7.89. The number of rotatable bonds is 5. The first-order valence-electron chi connectivity index (χ1n) is 8.42. The highest BCUT2D eigenvalue weighted by Gasteiger charge is 2.14. The van der Waals surface area contributed by atoms with Crippen LogP contribution in [0.3, 0.4) is 0 Å². The zero-order valence-corrected chi connectivity index (χ0v) is 15.4. The number of nitrogens with zero attached hydrogens (tertiary/aromatic N) is 4. The van der Waals surface area contributed by atoms with Gasteiger partial charge in [0.15, 0.2) is 5.82 Å². The van der Waals surface area contributed by atoms with E-state index in [1.807, 2.05) is 42.5 Å². The largest absolute Gasteiger partial charge is 0.337 e. The molecule has 0 aliphatic carbocycles. The Morgan fingerprint density at radius 2 is 1.81 bits per heavy atom. The standard InChI is InChI=1S/C19H17N5O2S/c1-2-27(25,26)24-13-16(11-22-24)15-8-9-20-17(10-15)19-21-12-18(23-19)14-6-4-3-5-7-14/h3-13H,2H2,1H3,(H,21,23). The number of imidazole rings is 1. The molecular weight excluding hydrogens is 362 g/mol. The molecule has 1 aromatic carbocycles. The summed E-state index contributed by atoms with van der Waals surface area (Å²) in [7, 11) is -3.40. The van der Waals surface area contributed by atoms with Gasteiger partial charge in [-0.25, -0.2) is 13.4 Å². The van der Waals surface area contributed by atoms with Crippen molar-refractivity contribution in [3.8, 4) is 33.9 Å². The summed E-state index contributed by atoms with van der Waals surface area (Å²) in [5, 5.41) is 3.97. The van der Waals surface area contributed by atoms with Crippen molar-refractivity contribution in [2.45, 2.75) is 6.92 Å². The molecular formula is C19H17N5O2S. The van der Waals surface area contributed by atoms with Crippen molar-refractivity contribution in [1.82, 2.24) is 24.1 Å². The van der Waals surface area contributed by atoms with Crippen LogP contribution in [-0.2, 0) is 10.0 Å². The van der Waals surface area contributed by atoms with E-state index in [0.717, 1.165) is 20.9 Å². The quantitative estimate of drug-likeness (QED) is 0.575. The van der Waals surface area contributed by atoms with Gasteiger partial charge in [-0.05, 0) is 30.2 Å². The number of nitrogens with one attached hydrogen (secondary N) is 1. The molecule has 0 aliphatic rings. The van der Waals surface area contributed by atoms with Crippen molar-refractivity contribution >= 4 is 10.0 Å². The smallest absolute Gasteiger partial charge is 0.253 e. The van der Waals surface area contributed by atoms with Crippen LogP contribution < -0.4 is 0 Å². The fourth-order valence-corrected chi connectivity index (χ4v) is 3.42. The number of hydrogen-bond donors (Lipinski definition) is 1. The summed E-state index contributed by atoms with van der Waals surface area (Å²) in [5.74, 6) is 0.633. The van der Waals surface area contributed by atoms with Gasteiger partial charge in [0.1, 0.15) is 5.69 Å². The molecule has 3 heterocycles. The Balaban J connectivity index is 1.67. The summed E-state index contributed by atoms with van der Waals surface area (Å²) in [6.45, 7) is 1.59. The molecule has 8 heteroatoms. The van der Waals surface area contributed by atoms with Crippen molar-refractivity contribution in [2.24, 2.45) is 0 Å². The van der Waals surface area contributed by atoms with Crippen molar-refractivity contribution in [3.63, 3.8) is 0 Å². The Morgan fingerprint density at radius 3 is 2.59 bits per heavy atom. The van der Waals surface area contributed by atoms with Crippen LogP contribution in [0.5, 0.6) is 0 Å². The average molecular weight is 379 g/mol. The summed E-state index contributed by atoms with van der Waals surface area (Å²) in [5.41, 5.74) is 4.12. The first kappa shape index (κ1) is 17.2. The number of pyridine rings is 1. The minimum atomic E-state index is -3.40. The molecule has 0 bridgehead atoms. The van der Waals surface area contributed by atoms with Crippen molar-refractivity contribution in [2.75, 3.05) is 5.75 Å². The molecule has 4 aromatic rings. The minimum absolute atomic E-state index is 0.00955. The number of hydrogen-bond acceptors (Lipinski definition) is 5. The van der Waals surface area contributed by atoms with Crippen LogP contribution in [0.2, 0.25) is 0 Å². The van der Waals surface area contributed by atoms with Gasteiger partial charge in [0, 0.05) is 11.8 Å². The molecule has 0 unspecified atom stereocenters. The van der Waals surface area contributed by atoms with Crippen LogP contribution in [0.25, 0.3) is 33.9 Å². The van der Waals surface area contributed by atoms with E-state index in [9.17, 15) is 8.42 Å². The fourth-order valence-electron chi connectivity index (χ4n) is 2.69. The molecule has 27 heavy (non-hydrogen) atoms. The predicted octanol–water partition coefficient (Wildman–Crippen LogP) is 3.20. The van der Waals surface area contributed by atoms with Gasteiger partial charge in [0.25, 0.3) is 10.0 Å². The summed E-state index contributed by atoms with van der Waals surface area (Å²) in [6, 6.07) is 13.6. The molecule has 1 N–H and O–H groups in total. The molecule has 0 spiro atoms. The summed E-state index contributed by atoms with van der Waals surface area (Å²) in [6.07, 6.45) is 6.48. The lowest BCUT2D eigenvalue weighted by molar-refractivity contribution is 0.581. The Bertz CT molecular complexity index is 1180. The monoisotopic (exact) mass is 379 g/mol. The Kier molecular flexibility index (Phi) is 4.33. The Labute approximate surface area is 156 Å². The third-order valence-corrected chi connectivity index (χ3v) is 5.71. The van der Waals surface area contributed by atoms with E-state index in [1.165, 1.54) is 12.4 Å². The van der Waals surface area contributed by atoms with Gasteiger partial charge in [0.05, 0.1) is 30.0 Å². The lowest BCUT2D eigenvalue weighted by Gasteiger charge is -2.01. The molecule has 0 amide bonds. The van der Waals surface area contributed by atoms with Gasteiger partial charge in [-0.15, -0.1) is 0 Å². The second-order valence-electron chi connectivity index (χ2n) is 5.94. The second-order valence-corrected chi connectivity index (χ2v) is 8.06. The van der Waals surface area contributed by atoms with Crippen molar-refractivity contribution < 1.29 is 8.42 Å². The molecule has 7 nitrogen and oxygen atoms in total. The molecule has 0 atom stereocenters. The number of aromatic nitrogens is 5. The maximum atomic E-state index is 11.9. The van der Waals surface area contributed by atoms with Gasteiger partial charge < -0.3 is 4.98 Å². The third kappa shape index (κ3) is 3.39. The lowest BCUT2D eigenvalue weighted by Crippen LogP contribution is -2.14. The summed E-state index contributed by atoms with van der Waals surface area (Å²) < 4.78 is 24.9. The Hall–Kier alpha value is -3.26. The van der Waals surface area contributed by atoms with E-state index >= 15 is 0 Å². The predicted molar refractivity (Wildman–Crippen MR) is 103 cm³/mol. The van der Waals surface area contributed by atoms with Crippen LogP contribution >= 0.6 is 0 Å². The molecule has 0 fully saturated rings. The topological polar surface area (TPSA) is 93.5 Å². The number of benzene rings is 1. The van der Waals surface area contributed by atoms with Crippen LogP contribution in [0.1, 0.15) is 6.92 Å². The zero-order chi connectivity index (χ0) is 18.9. The SMILES string of the molecule is CCS(=O)(=O)n1cc(-c2ccnc(-c3ncc(-c4ccccc4)[nH]3)c2)cn1. The van der Waals surface area contributed by atoms with Gasteiger partial charge in [-0.2, -0.15) is 9.19 Å². The van der Waals surface area contributed by atoms with Crippen molar-refractivity contribution in [3.05, 3.63) is 67.3 Å². The van der Waals surface area contributed by atoms with Gasteiger partial charge in [-0.3, -0.25) is 4.98 Å². The van der Waals surface area contributed by atoms with Crippen molar-refractivity contribution in [1.29, 1.82) is 0 Å². The van der Waals surface area contributed by atoms with Crippen LogP contribution in [-0.4, -0.2) is 38.3 Å². The fraction of sp³-hybridized carbons (Fsp3) is 0.105. The van der Waals surface area contributed by atoms with E-state index in [1.54, 1.807) is 19.3 Å². The van der Waals surface area contributed by atoms with E-state index in [2.05, 4.69) is 20.1 Å². The van der Waals surface area contributed by atoms with Crippen LogP contribution in [0.4, 0.5) is 0 Å². The molecule has 4 rings (SSSR count). The van der Waals surface area contributed by atoms with Gasteiger partial charge in [0.2, 0.25) is 0 Å². The third-order valence-electron chi connectivity index (χ3n) is 4.21. The molecule has 136 valence electrons. The lowest BCUT2D eigenvalue weighted by atomic mass is 10.1. The molecule has 0 radical (unpaired) electrons. The number of aromatic amines is 1. The number of H-pyrrole nitrogens is 1. The van der Waals surface area contributed by atoms with Crippen LogP contribution in [0.15, 0.2) is 67.3 Å². The first-order valence-corrected chi connectivity index (χ1v) is 10.0. The van der Waals surface area contributed by atoms with E-state index in [-0.39, 0.29) is 5.75 Å². The highest BCUT2D eigenvalue weighted by Crippen LogP contribution is 2.25. The summed E-state index contributed by atoms with van der Waals surface area (Å²) in [4.78, 5) is 12.1. The molecule has 0 saturated carbocycles. The normalized spacial score (nSPS) is 11.6. The molecule has 0 saturated heterocycles. The maximum absolute atomic E-state index is 11.9. The minimum Gasteiger partial charge on any atom is -0.337 e. The molecule has 0 aliphatic heterocycles. The highest BCUT2D eigenvalue weighted by atomic mass is 32.2. The first-order chi connectivity index (χ1) is 13.1. The molecule has 3 aromatic heterocycles. The average Bonchev–Trinajstić information content (AvgIpc) is 3.39. The maximum Gasteiger partial charge on any atom is 0.253 e. The van der Waals surface area contributed by atoms with E-state index < -0.39 is 10.0 Å². The van der Waals surface area contributed by atoms with Gasteiger partial charge >= 0.3 is 0 Å². The van der Waals surface area contributed by atoms with E-state index in [4.69, 9.17) is 0 Å². The Morgan fingerprint density at radius 1 is 1.00 bits per heavy atom. The second kappa shape index (κ2) is 6.81. The van der Waals surface area contributed by atoms with E-state index in [0.29, 0.717) is 17.1 Å². The van der Waals surface area contributed by atoms with Gasteiger partial charge in [-0.1, -0.05) is 30.3 Å². The summed E-state index contributed by atoms with van der Waals surface area (Å²) >= 11 is 0. The zero-order valence-electron chi connectivity index (χ0n) is 14.6. The van der Waals surface area contributed by atoms with Crippen LogP contribution in [0, 0.1) is 0 Å².